The zero-order valence-corrected chi connectivity index (χ0v) is 12.9. The Balaban J connectivity index is 1.91. The minimum absolute atomic E-state index is 0.285. The number of hydrogen-bond acceptors (Lipinski definition) is 2. The Kier molecular flexibility index (Phi) is 3.84. The van der Waals surface area contributed by atoms with Gasteiger partial charge >= 0.3 is 0 Å². The number of piperidine rings is 1. The molecule has 1 aromatic heterocycles. The maximum atomic E-state index is 6.24. The summed E-state index contributed by atoms with van der Waals surface area (Å²) in [7, 11) is 0. The van der Waals surface area contributed by atoms with Crippen molar-refractivity contribution >= 4 is 28.2 Å². The lowest BCUT2D eigenvalue weighted by atomic mass is 9.93. The maximum Gasteiger partial charge on any atom is 0.0726 e. The second kappa shape index (κ2) is 5.61. The van der Waals surface area contributed by atoms with Crippen LogP contribution >= 0.6 is 11.6 Å². The van der Waals surface area contributed by atoms with Crippen molar-refractivity contribution in [2.75, 3.05) is 18.0 Å². The summed E-state index contributed by atoms with van der Waals surface area (Å²) < 4.78 is 0. The van der Waals surface area contributed by atoms with Gasteiger partial charge in [-0.15, -0.1) is 11.6 Å². The van der Waals surface area contributed by atoms with Gasteiger partial charge in [0, 0.05) is 35.2 Å². The number of hydrogen-bond donors (Lipinski definition) is 0. The highest BCUT2D eigenvalue weighted by atomic mass is 35.5. The quantitative estimate of drug-likeness (QED) is 0.762. The molecule has 0 N–H and O–H groups in total. The van der Waals surface area contributed by atoms with Gasteiger partial charge in [-0.05, 0) is 44.7 Å². The Morgan fingerprint density at radius 2 is 1.95 bits per heavy atom. The van der Waals surface area contributed by atoms with Gasteiger partial charge in [0.25, 0.3) is 0 Å². The fraction of sp³-hybridized carbons (Fsp3) is 0.471. The third-order valence-corrected chi connectivity index (χ3v) is 4.71. The molecule has 2 aromatic rings. The SMILES string of the molecule is Cc1cc(N2CCC(C(C)Cl)CC2)c2ccccc2n1. The van der Waals surface area contributed by atoms with Crippen molar-refractivity contribution in [2.45, 2.75) is 32.1 Å². The summed E-state index contributed by atoms with van der Waals surface area (Å²) in [6, 6.07) is 10.6. The molecule has 2 nitrogen and oxygen atoms in total. The number of pyridine rings is 1. The van der Waals surface area contributed by atoms with Crippen molar-refractivity contribution in [3.63, 3.8) is 0 Å². The molecule has 20 heavy (non-hydrogen) atoms. The van der Waals surface area contributed by atoms with Crippen LogP contribution in [-0.4, -0.2) is 23.5 Å². The summed E-state index contributed by atoms with van der Waals surface area (Å²) >= 11 is 6.24. The molecular weight excluding hydrogens is 268 g/mol. The summed E-state index contributed by atoms with van der Waals surface area (Å²) in [6.07, 6.45) is 2.36. The van der Waals surface area contributed by atoms with Gasteiger partial charge in [-0.1, -0.05) is 18.2 Å². The molecule has 1 aliphatic heterocycles. The van der Waals surface area contributed by atoms with E-state index in [0.717, 1.165) is 24.3 Å². The highest BCUT2D eigenvalue weighted by molar-refractivity contribution is 6.20. The molecule has 1 atom stereocenters. The van der Waals surface area contributed by atoms with Gasteiger partial charge in [0.05, 0.1) is 5.52 Å². The number of aromatic nitrogens is 1. The topological polar surface area (TPSA) is 16.1 Å². The number of para-hydroxylation sites is 1. The van der Waals surface area contributed by atoms with Crippen LogP contribution in [0.1, 0.15) is 25.5 Å². The van der Waals surface area contributed by atoms with Gasteiger partial charge in [0.1, 0.15) is 0 Å². The van der Waals surface area contributed by atoms with Crippen LogP contribution in [0.3, 0.4) is 0 Å². The van der Waals surface area contributed by atoms with E-state index >= 15 is 0 Å². The van der Waals surface area contributed by atoms with Gasteiger partial charge in [-0.2, -0.15) is 0 Å². The molecule has 3 rings (SSSR count). The van der Waals surface area contributed by atoms with Crippen molar-refractivity contribution in [2.24, 2.45) is 5.92 Å². The molecule has 0 aliphatic carbocycles. The summed E-state index contributed by atoms with van der Waals surface area (Å²) in [6.45, 7) is 6.38. The number of aryl methyl sites for hydroxylation is 1. The van der Waals surface area contributed by atoms with E-state index in [4.69, 9.17) is 11.6 Å². The first-order chi connectivity index (χ1) is 9.65. The monoisotopic (exact) mass is 288 g/mol. The molecule has 0 radical (unpaired) electrons. The van der Waals surface area contributed by atoms with Crippen molar-refractivity contribution in [1.29, 1.82) is 0 Å². The molecule has 1 aromatic carbocycles. The molecular formula is C17H21ClN2. The van der Waals surface area contributed by atoms with Crippen molar-refractivity contribution in [3.05, 3.63) is 36.0 Å². The van der Waals surface area contributed by atoms with Gasteiger partial charge in [-0.25, -0.2) is 0 Å². The third kappa shape index (κ3) is 2.62. The smallest absolute Gasteiger partial charge is 0.0726 e. The predicted molar refractivity (Wildman–Crippen MR) is 86.7 cm³/mol. The number of halogens is 1. The molecule has 1 unspecified atom stereocenters. The summed E-state index contributed by atoms with van der Waals surface area (Å²) in [5.74, 6) is 0.655. The Hall–Kier alpha value is -1.28. The standard InChI is InChI=1S/C17H21ClN2/c1-12-11-17(15-5-3-4-6-16(15)19-12)20-9-7-14(8-10-20)13(2)18/h3-6,11,13-14H,7-10H2,1-2H3. The molecule has 1 aliphatic rings. The first-order valence-corrected chi connectivity index (χ1v) is 7.84. The van der Waals surface area contributed by atoms with Crippen LogP contribution in [-0.2, 0) is 0 Å². The van der Waals surface area contributed by atoms with Crippen molar-refractivity contribution < 1.29 is 0 Å². The fourth-order valence-corrected chi connectivity index (χ4v) is 3.40. The Morgan fingerprint density at radius 1 is 1.25 bits per heavy atom. The lowest BCUT2D eigenvalue weighted by Gasteiger charge is -2.35. The normalized spacial score (nSPS) is 18.4. The zero-order valence-electron chi connectivity index (χ0n) is 12.1. The van der Waals surface area contributed by atoms with Crippen LogP contribution in [0.25, 0.3) is 10.9 Å². The molecule has 1 saturated heterocycles. The van der Waals surface area contributed by atoms with Crippen LogP contribution in [0.4, 0.5) is 5.69 Å². The van der Waals surface area contributed by atoms with E-state index in [0.29, 0.717) is 5.92 Å². The maximum absolute atomic E-state index is 6.24. The average Bonchev–Trinajstić information content (AvgIpc) is 2.46. The molecule has 106 valence electrons. The molecule has 0 saturated carbocycles. The Bertz CT molecular complexity index is 601. The van der Waals surface area contributed by atoms with E-state index in [9.17, 15) is 0 Å². The van der Waals surface area contributed by atoms with E-state index in [1.54, 1.807) is 0 Å². The Morgan fingerprint density at radius 3 is 2.65 bits per heavy atom. The van der Waals surface area contributed by atoms with Crippen LogP contribution in [0.15, 0.2) is 30.3 Å². The molecule has 1 fully saturated rings. The fourth-order valence-electron chi connectivity index (χ4n) is 3.15. The van der Waals surface area contributed by atoms with Gasteiger partial charge < -0.3 is 4.90 Å². The second-order valence-corrected chi connectivity index (χ2v) is 6.49. The zero-order chi connectivity index (χ0) is 14.1. The second-order valence-electron chi connectivity index (χ2n) is 5.80. The minimum atomic E-state index is 0.285. The number of rotatable bonds is 2. The number of fused-ring (bicyclic) bond motifs is 1. The van der Waals surface area contributed by atoms with Crippen molar-refractivity contribution in [3.8, 4) is 0 Å². The van der Waals surface area contributed by atoms with Gasteiger partial charge in [-0.3, -0.25) is 4.98 Å². The number of anilines is 1. The van der Waals surface area contributed by atoms with E-state index in [-0.39, 0.29) is 5.38 Å². The molecule has 3 heteroatoms. The molecule has 2 heterocycles. The number of nitrogens with zero attached hydrogens (tertiary/aromatic N) is 2. The predicted octanol–water partition coefficient (Wildman–Crippen LogP) is 4.39. The first kappa shape index (κ1) is 13.7. The largest absolute Gasteiger partial charge is 0.371 e. The highest BCUT2D eigenvalue weighted by Gasteiger charge is 2.23. The lowest BCUT2D eigenvalue weighted by Crippen LogP contribution is -2.36. The number of alkyl halides is 1. The minimum Gasteiger partial charge on any atom is -0.371 e. The van der Waals surface area contributed by atoms with E-state index in [2.05, 4.69) is 54.1 Å². The van der Waals surface area contributed by atoms with E-state index < -0.39 is 0 Å². The van der Waals surface area contributed by atoms with Crippen LogP contribution in [0.5, 0.6) is 0 Å². The van der Waals surface area contributed by atoms with E-state index in [1.165, 1.54) is 23.9 Å². The molecule has 0 bridgehead atoms. The highest BCUT2D eigenvalue weighted by Crippen LogP contribution is 2.31. The lowest BCUT2D eigenvalue weighted by molar-refractivity contribution is 0.400. The number of benzene rings is 1. The van der Waals surface area contributed by atoms with Gasteiger partial charge in [0.15, 0.2) is 0 Å². The molecule has 0 amide bonds. The van der Waals surface area contributed by atoms with Crippen LogP contribution in [0.2, 0.25) is 0 Å². The summed E-state index contributed by atoms with van der Waals surface area (Å²) in [4.78, 5) is 7.12. The molecule has 0 spiro atoms. The summed E-state index contributed by atoms with van der Waals surface area (Å²) in [5, 5.41) is 1.54. The Labute approximate surface area is 125 Å². The van der Waals surface area contributed by atoms with Gasteiger partial charge in [0.2, 0.25) is 0 Å². The average molecular weight is 289 g/mol. The third-order valence-electron chi connectivity index (χ3n) is 4.35. The van der Waals surface area contributed by atoms with E-state index in [1.807, 2.05) is 0 Å². The van der Waals surface area contributed by atoms with Crippen molar-refractivity contribution in [1.82, 2.24) is 4.98 Å². The first-order valence-electron chi connectivity index (χ1n) is 7.40. The van der Waals surface area contributed by atoms with Crippen LogP contribution in [0, 0.1) is 12.8 Å². The summed E-state index contributed by atoms with van der Waals surface area (Å²) in [5.41, 5.74) is 3.51. The van der Waals surface area contributed by atoms with Crippen LogP contribution < -0.4 is 4.90 Å².